The second-order valence-corrected chi connectivity index (χ2v) is 4.71. The molecule has 3 nitrogen and oxygen atoms in total. The quantitative estimate of drug-likeness (QED) is 0.233. The van der Waals surface area contributed by atoms with Crippen LogP contribution in [0.1, 0.15) is 5.56 Å². The highest BCUT2D eigenvalue weighted by Gasteiger charge is 2.07. The van der Waals surface area contributed by atoms with Gasteiger partial charge in [-0.05, 0) is 12.1 Å². The molecule has 4 heteroatoms. The Morgan fingerprint density at radius 1 is 1.00 bits per heavy atom. The van der Waals surface area contributed by atoms with Gasteiger partial charge < -0.3 is 5.21 Å². The molecule has 0 saturated heterocycles. The van der Waals surface area contributed by atoms with Crippen LogP contribution in [0.2, 0.25) is 5.15 Å². The fraction of sp³-hybridized carbons (Fsp3) is 0. The molecular weight excluding hydrogens is 272 g/mol. The third-order valence-electron chi connectivity index (χ3n) is 2.97. The lowest BCUT2D eigenvalue weighted by Gasteiger charge is -2.04. The number of hydrogen-bond donors (Lipinski definition) is 0. The van der Waals surface area contributed by atoms with Gasteiger partial charge in [0, 0.05) is 17.5 Å². The third kappa shape index (κ3) is 2.49. The van der Waals surface area contributed by atoms with Crippen molar-refractivity contribution < 1.29 is 4.74 Å². The summed E-state index contributed by atoms with van der Waals surface area (Å²) in [5, 5.41) is 13.3. The van der Waals surface area contributed by atoms with Crippen LogP contribution < -0.4 is 0 Å². The van der Waals surface area contributed by atoms with Crippen LogP contribution in [0, 0.1) is 5.21 Å². The normalized spacial score (nSPS) is 11.8. The van der Waals surface area contributed by atoms with E-state index >= 15 is 0 Å². The summed E-state index contributed by atoms with van der Waals surface area (Å²) in [6.07, 6.45) is 1.44. The molecule has 20 heavy (non-hydrogen) atoms. The van der Waals surface area contributed by atoms with Crippen molar-refractivity contribution in [3.8, 4) is 0 Å². The molecule has 3 aromatic rings. The Morgan fingerprint density at radius 2 is 1.70 bits per heavy atom. The predicted octanol–water partition coefficient (Wildman–Crippen LogP) is 4.15. The zero-order valence-electron chi connectivity index (χ0n) is 10.5. The number of pyridine rings is 1. The molecule has 3 rings (SSSR count). The van der Waals surface area contributed by atoms with Gasteiger partial charge in [-0.2, -0.15) is 4.74 Å². The van der Waals surface area contributed by atoms with Crippen molar-refractivity contribution >= 4 is 34.4 Å². The molecule has 0 fully saturated rings. The van der Waals surface area contributed by atoms with E-state index in [1.807, 2.05) is 48.5 Å². The van der Waals surface area contributed by atoms with E-state index in [-0.39, 0.29) is 0 Å². The number of hydrogen-bond acceptors (Lipinski definition) is 2. The van der Waals surface area contributed by atoms with Crippen molar-refractivity contribution in [1.82, 2.24) is 4.98 Å². The second-order valence-electron chi connectivity index (χ2n) is 4.35. The molecule has 0 aliphatic rings. The zero-order valence-corrected chi connectivity index (χ0v) is 11.3. The topological polar surface area (TPSA) is 39.0 Å². The van der Waals surface area contributed by atoms with E-state index in [1.165, 1.54) is 6.21 Å². The maximum Gasteiger partial charge on any atom is 0.216 e. The second kappa shape index (κ2) is 5.31. The molecule has 0 radical (unpaired) electrons. The summed E-state index contributed by atoms with van der Waals surface area (Å²) in [5.74, 6) is 0. The smallest absolute Gasteiger partial charge is 0.216 e. The fourth-order valence-electron chi connectivity index (χ4n) is 1.98. The summed E-state index contributed by atoms with van der Waals surface area (Å²) < 4.78 is 0.789. The number of benzene rings is 2. The van der Waals surface area contributed by atoms with E-state index in [2.05, 4.69) is 4.98 Å². The van der Waals surface area contributed by atoms with Gasteiger partial charge in [0.2, 0.25) is 5.69 Å². The molecule has 0 bridgehead atoms. The first kappa shape index (κ1) is 12.6. The average molecular weight is 283 g/mol. The molecular formula is C16H11ClN2O. The summed E-state index contributed by atoms with van der Waals surface area (Å²) in [6.45, 7) is 0. The van der Waals surface area contributed by atoms with Crippen molar-refractivity contribution in [1.29, 1.82) is 0 Å². The monoisotopic (exact) mass is 282 g/mol. The highest BCUT2D eigenvalue weighted by Crippen LogP contribution is 2.19. The molecule has 0 amide bonds. The van der Waals surface area contributed by atoms with Crippen LogP contribution in [0.4, 0.5) is 5.69 Å². The van der Waals surface area contributed by atoms with E-state index in [1.54, 1.807) is 12.1 Å². The van der Waals surface area contributed by atoms with Crippen LogP contribution in [0.15, 0.2) is 60.7 Å². The Hall–Kier alpha value is -2.39. The van der Waals surface area contributed by atoms with Gasteiger partial charge in [-0.1, -0.05) is 48.0 Å². The Labute approximate surface area is 121 Å². The van der Waals surface area contributed by atoms with Crippen molar-refractivity contribution in [3.63, 3.8) is 0 Å². The first-order valence-corrected chi connectivity index (χ1v) is 6.53. The van der Waals surface area contributed by atoms with Crippen LogP contribution in [-0.2, 0) is 0 Å². The van der Waals surface area contributed by atoms with Gasteiger partial charge >= 0.3 is 0 Å². The molecule has 0 unspecified atom stereocenters. The molecule has 1 heterocycles. The molecule has 0 N–H and O–H groups in total. The molecule has 0 aliphatic carbocycles. The largest absolute Gasteiger partial charge is 0.618 e. The van der Waals surface area contributed by atoms with Crippen molar-refractivity contribution in [3.05, 3.63) is 76.6 Å². The highest BCUT2D eigenvalue weighted by atomic mass is 35.5. The van der Waals surface area contributed by atoms with Gasteiger partial charge in [0.05, 0.1) is 11.1 Å². The maximum absolute atomic E-state index is 12.1. The SMILES string of the molecule is [O-][N+](=Cc1cc2ccccc2nc1Cl)c1ccccc1. The van der Waals surface area contributed by atoms with Crippen molar-refractivity contribution in [2.45, 2.75) is 0 Å². The van der Waals surface area contributed by atoms with Crippen LogP contribution in [0.5, 0.6) is 0 Å². The van der Waals surface area contributed by atoms with Crippen LogP contribution in [0.3, 0.4) is 0 Å². The summed E-state index contributed by atoms with van der Waals surface area (Å²) in [6, 6.07) is 18.5. The number of para-hydroxylation sites is 2. The van der Waals surface area contributed by atoms with Gasteiger partial charge in [0.25, 0.3) is 0 Å². The summed E-state index contributed by atoms with van der Waals surface area (Å²) >= 11 is 6.13. The minimum absolute atomic E-state index is 0.320. The Morgan fingerprint density at radius 3 is 2.50 bits per heavy atom. The zero-order chi connectivity index (χ0) is 13.9. The lowest BCUT2D eigenvalue weighted by molar-refractivity contribution is -0.354. The fourth-order valence-corrected chi connectivity index (χ4v) is 2.17. The minimum Gasteiger partial charge on any atom is -0.618 e. The van der Waals surface area contributed by atoms with Gasteiger partial charge in [0.1, 0.15) is 5.15 Å². The van der Waals surface area contributed by atoms with Crippen LogP contribution >= 0.6 is 11.6 Å². The van der Waals surface area contributed by atoms with Gasteiger partial charge in [-0.3, -0.25) is 0 Å². The number of rotatable bonds is 2. The molecule has 0 spiro atoms. The van der Waals surface area contributed by atoms with Gasteiger partial charge in [-0.25, -0.2) is 4.98 Å². The number of fused-ring (bicyclic) bond motifs is 1. The Bertz CT molecular complexity index is 785. The standard InChI is InChI=1S/C16H11ClN2O/c17-16-13(10-12-6-4-5-9-15(12)18-16)11-19(20)14-7-2-1-3-8-14/h1-11H. The predicted molar refractivity (Wildman–Crippen MR) is 81.6 cm³/mol. The Kier molecular flexibility index (Phi) is 3.35. The lowest BCUT2D eigenvalue weighted by atomic mass is 10.2. The molecule has 2 aromatic carbocycles. The van der Waals surface area contributed by atoms with E-state index in [0.29, 0.717) is 16.4 Å². The van der Waals surface area contributed by atoms with Crippen LogP contribution in [-0.4, -0.2) is 15.9 Å². The summed E-state index contributed by atoms with van der Waals surface area (Å²) in [4.78, 5) is 4.29. The van der Waals surface area contributed by atoms with E-state index in [9.17, 15) is 5.21 Å². The Balaban J connectivity index is 2.08. The maximum atomic E-state index is 12.1. The van der Waals surface area contributed by atoms with Crippen molar-refractivity contribution in [2.75, 3.05) is 0 Å². The lowest BCUT2D eigenvalue weighted by Crippen LogP contribution is -2.00. The van der Waals surface area contributed by atoms with E-state index < -0.39 is 0 Å². The first-order chi connectivity index (χ1) is 9.74. The van der Waals surface area contributed by atoms with E-state index in [0.717, 1.165) is 15.6 Å². The van der Waals surface area contributed by atoms with Gasteiger partial charge in [-0.15, -0.1) is 0 Å². The number of aromatic nitrogens is 1. The van der Waals surface area contributed by atoms with E-state index in [4.69, 9.17) is 11.6 Å². The molecule has 1 aromatic heterocycles. The summed E-state index contributed by atoms with van der Waals surface area (Å²) in [5.41, 5.74) is 1.97. The highest BCUT2D eigenvalue weighted by molar-refractivity contribution is 6.32. The van der Waals surface area contributed by atoms with Crippen LogP contribution in [0.25, 0.3) is 10.9 Å². The third-order valence-corrected chi connectivity index (χ3v) is 3.27. The molecule has 0 saturated carbocycles. The minimum atomic E-state index is 0.320. The van der Waals surface area contributed by atoms with Crippen molar-refractivity contribution in [2.24, 2.45) is 0 Å². The number of nitrogens with zero attached hydrogens (tertiary/aromatic N) is 2. The molecule has 0 atom stereocenters. The molecule has 0 aliphatic heterocycles. The average Bonchev–Trinajstić information content (AvgIpc) is 2.49. The van der Waals surface area contributed by atoms with Gasteiger partial charge in [0.15, 0.2) is 6.21 Å². The summed E-state index contributed by atoms with van der Waals surface area (Å²) in [7, 11) is 0. The first-order valence-electron chi connectivity index (χ1n) is 6.15. The molecule has 98 valence electrons. The number of halogens is 1.